The van der Waals surface area contributed by atoms with E-state index in [2.05, 4.69) is 11.8 Å². The number of phenolic OH excluding ortho intramolecular Hbond substituents is 1. The lowest BCUT2D eigenvalue weighted by atomic mass is 9.71. The highest BCUT2D eigenvalue weighted by molar-refractivity contribution is 5.79. The van der Waals surface area contributed by atoms with E-state index in [9.17, 15) is 19.8 Å². The molecule has 0 radical (unpaired) electrons. The third-order valence-electron chi connectivity index (χ3n) is 6.46. The molecule has 0 aromatic heterocycles. The molecular formula is C22H32N2O4. The summed E-state index contributed by atoms with van der Waals surface area (Å²) in [5.74, 6) is -0.862. The first-order valence-electron chi connectivity index (χ1n) is 10.4. The zero-order valence-corrected chi connectivity index (χ0v) is 16.8. The average Bonchev–Trinajstić information content (AvgIpc) is 3.04. The molecule has 28 heavy (non-hydrogen) atoms. The van der Waals surface area contributed by atoms with Crippen molar-refractivity contribution in [2.75, 3.05) is 26.2 Å². The molecule has 0 bridgehead atoms. The molecule has 3 rings (SSSR count). The van der Waals surface area contributed by atoms with E-state index in [1.54, 1.807) is 17.0 Å². The lowest BCUT2D eigenvalue weighted by molar-refractivity contribution is -0.145. The lowest BCUT2D eigenvalue weighted by Gasteiger charge is -2.41. The Morgan fingerprint density at radius 3 is 2.61 bits per heavy atom. The molecule has 6 heteroatoms. The minimum absolute atomic E-state index is 0.110. The van der Waals surface area contributed by atoms with Crippen LogP contribution in [0, 0.1) is 11.3 Å². The van der Waals surface area contributed by atoms with Crippen LogP contribution < -0.4 is 0 Å². The van der Waals surface area contributed by atoms with Gasteiger partial charge < -0.3 is 15.1 Å². The molecule has 2 aliphatic rings. The van der Waals surface area contributed by atoms with Crippen molar-refractivity contribution in [3.05, 3.63) is 29.8 Å². The number of carbonyl (C=O) groups excluding carboxylic acids is 1. The Kier molecular flexibility index (Phi) is 6.60. The Balaban J connectivity index is 1.61. The Labute approximate surface area is 167 Å². The van der Waals surface area contributed by atoms with Gasteiger partial charge in [-0.1, -0.05) is 31.9 Å². The minimum atomic E-state index is -0.773. The summed E-state index contributed by atoms with van der Waals surface area (Å²) in [7, 11) is 0. The monoisotopic (exact) mass is 388 g/mol. The number of aliphatic carboxylic acids is 1. The first kappa shape index (κ1) is 20.6. The molecule has 6 nitrogen and oxygen atoms in total. The van der Waals surface area contributed by atoms with E-state index in [1.807, 2.05) is 12.1 Å². The van der Waals surface area contributed by atoms with Gasteiger partial charge in [0.15, 0.2) is 0 Å². The molecule has 2 heterocycles. The van der Waals surface area contributed by atoms with E-state index >= 15 is 0 Å². The number of hydrogen-bond acceptors (Lipinski definition) is 4. The van der Waals surface area contributed by atoms with Crippen LogP contribution in [0.25, 0.3) is 0 Å². The summed E-state index contributed by atoms with van der Waals surface area (Å²) in [5, 5.41) is 19.4. The van der Waals surface area contributed by atoms with Gasteiger partial charge in [0.2, 0.25) is 5.91 Å². The molecule has 2 aliphatic heterocycles. The summed E-state index contributed by atoms with van der Waals surface area (Å²) in [5.41, 5.74) is 0.756. The summed E-state index contributed by atoms with van der Waals surface area (Å²) in [4.78, 5) is 28.6. The number of aromatic hydroxyl groups is 1. The first-order valence-corrected chi connectivity index (χ1v) is 10.4. The molecular weight excluding hydrogens is 356 g/mol. The fraction of sp³-hybridized carbons (Fsp3) is 0.636. The molecule has 1 amide bonds. The summed E-state index contributed by atoms with van der Waals surface area (Å²) >= 11 is 0. The summed E-state index contributed by atoms with van der Waals surface area (Å²) in [6.07, 6.45) is 5.11. The van der Waals surface area contributed by atoms with Crippen molar-refractivity contribution in [1.29, 1.82) is 0 Å². The van der Waals surface area contributed by atoms with Gasteiger partial charge >= 0.3 is 5.97 Å². The number of carbonyl (C=O) groups is 2. The van der Waals surface area contributed by atoms with E-state index in [4.69, 9.17) is 0 Å². The fourth-order valence-electron chi connectivity index (χ4n) is 4.76. The van der Waals surface area contributed by atoms with Crippen LogP contribution in [-0.2, 0) is 16.1 Å². The maximum Gasteiger partial charge on any atom is 0.308 e. The van der Waals surface area contributed by atoms with E-state index in [0.29, 0.717) is 19.5 Å². The molecule has 1 aromatic carbocycles. The number of benzene rings is 1. The maximum absolute atomic E-state index is 12.6. The van der Waals surface area contributed by atoms with Crippen molar-refractivity contribution < 1.29 is 19.8 Å². The van der Waals surface area contributed by atoms with Gasteiger partial charge in [-0.2, -0.15) is 0 Å². The molecule has 2 saturated heterocycles. The van der Waals surface area contributed by atoms with Crippen LogP contribution >= 0.6 is 0 Å². The van der Waals surface area contributed by atoms with E-state index in [0.717, 1.165) is 57.3 Å². The standard InChI is InChI=1S/C22H32N2O4/c1-2-3-4-8-20(26)24-15-19(21(27)28)22(16-24)9-11-23(12-10-22)14-17-6-5-7-18(25)13-17/h5-7,13,19,25H,2-4,8-12,14-16H2,1H3,(H,27,28). The second-order valence-corrected chi connectivity index (χ2v) is 8.43. The molecule has 2 fully saturated rings. The van der Waals surface area contributed by atoms with Gasteiger partial charge in [0.25, 0.3) is 0 Å². The lowest BCUT2D eigenvalue weighted by Crippen LogP contribution is -2.46. The summed E-state index contributed by atoms with van der Waals surface area (Å²) < 4.78 is 0. The molecule has 1 atom stereocenters. The Morgan fingerprint density at radius 1 is 1.21 bits per heavy atom. The van der Waals surface area contributed by atoms with Gasteiger partial charge in [0, 0.05) is 31.5 Å². The number of rotatable bonds is 7. The summed E-state index contributed by atoms with van der Waals surface area (Å²) in [6, 6.07) is 7.28. The zero-order valence-electron chi connectivity index (χ0n) is 16.8. The van der Waals surface area contributed by atoms with Gasteiger partial charge in [-0.3, -0.25) is 14.5 Å². The third-order valence-corrected chi connectivity index (χ3v) is 6.46. The summed E-state index contributed by atoms with van der Waals surface area (Å²) in [6.45, 7) is 5.43. The Hall–Kier alpha value is -2.08. The van der Waals surface area contributed by atoms with Crippen LogP contribution in [0.15, 0.2) is 24.3 Å². The number of piperidine rings is 1. The molecule has 1 aromatic rings. The number of hydrogen-bond donors (Lipinski definition) is 2. The van der Waals surface area contributed by atoms with Crippen molar-refractivity contribution >= 4 is 11.9 Å². The van der Waals surface area contributed by atoms with Crippen molar-refractivity contribution in [1.82, 2.24) is 9.80 Å². The van der Waals surface area contributed by atoms with Crippen molar-refractivity contribution in [2.45, 2.75) is 52.0 Å². The van der Waals surface area contributed by atoms with Gasteiger partial charge in [-0.15, -0.1) is 0 Å². The molecule has 0 saturated carbocycles. The highest BCUT2D eigenvalue weighted by atomic mass is 16.4. The number of carboxylic acid groups (broad SMARTS) is 1. The Morgan fingerprint density at radius 2 is 1.96 bits per heavy atom. The van der Waals surface area contributed by atoms with Gasteiger partial charge in [0.05, 0.1) is 5.92 Å². The van der Waals surface area contributed by atoms with Crippen molar-refractivity contribution in [2.24, 2.45) is 11.3 Å². The van der Waals surface area contributed by atoms with Gasteiger partial charge in [-0.05, 0) is 50.0 Å². The molecule has 1 unspecified atom stereocenters. The van der Waals surface area contributed by atoms with Crippen LogP contribution in [0.2, 0.25) is 0 Å². The highest BCUT2D eigenvalue weighted by Gasteiger charge is 2.52. The second-order valence-electron chi connectivity index (χ2n) is 8.43. The SMILES string of the molecule is CCCCCC(=O)N1CC(C(=O)O)C2(CCN(Cc3cccc(O)c3)CC2)C1. The number of carboxylic acids is 1. The molecule has 0 aliphatic carbocycles. The third kappa shape index (κ3) is 4.66. The number of amides is 1. The van der Waals surface area contributed by atoms with Crippen molar-refractivity contribution in [3.8, 4) is 5.75 Å². The van der Waals surface area contributed by atoms with Crippen LogP contribution in [0.3, 0.4) is 0 Å². The normalized spacial score (nSPS) is 21.9. The number of nitrogens with zero attached hydrogens (tertiary/aromatic N) is 2. The van der Waals surface area contributed by atoms with Gasteiger partial charge in [0.1, 0.15) is 5.75 Å². The molecule has 2 N–H and O–H groups in total. The minimum Gasteiger partial charge on any atom is -0.508 e. The quantitative estimate of drug-likeness (QED) is 0.702. The first-order chi connectivity index (χ1) is 13.4. The van der Waals surface area contributed by atoms with Crippen LogP contribution in [0.4, 0.5) is 0 Å². The Bertz CT molecular complexity index is 698. The molecule has 1 spiro atoms. The van der Waals surface area contributed by atoms with Crippen LogP contribution in [0.1, 0.15) is 51.0 Å². The van der Waals surface area contributed by atoms with E-state index in [1.165, 1.54) is 0 Å². The van der Waals surface area contributed by atoms with E-state index in [-0.39, 0.29) is 17.1 Å². The topological polar surface area (TPSA) is 81.1 Å². The largest absolute Gasteiger partial charge is 0.508 e. The maximum atomic E-state index is 12.6. The van der Waals surface area contributed by atoms with Crippen LogP contribution in [0.5, 0.6) is 5.75 Å². The fourth-order valence-corrected chi connectivity index (χ4v) is 4.76. The van der Waals surface area contributed by atoms with Gasteiger partial charge in [-0.25, -0.2) is 0 Å². The second kappa shape index (κ2) is 8.95. The highest BCUT2D eigenvalue weighted by Crippen LogP contribution is 2.45. The zero-order chi connectivity index (χ0) is 20.1. The van der Waals surface area contributed by atoms with Crippen molar-refractivity contribution in [3.63, 3.8) is 0 Å². The predicted octanol–water partition coefficient (Wildman–Crippen LogP) is 3.10. The molecule has 154 valence electrons. The predicted molar refractivity (Wildman–Crippen MR) is 107 cm³/mol. The number of phenols is 1. The van der Waals surface area contributed by atoms with Crippen LogP contribution in [-0.4, -0.2) is 58.1 Å². The number of likely N-dealkylation sites (tertiary alicyclic amines) is 2. The number of unbranched alkanes of at least 4 members (excludes halogenated alkanes) is 2. The smallest absolute Gasteiger partial charge is 0.308 e. The average molecular weight is 389 g/mol. The van der Waals surface area contributed by atoms with E-state index < -0.39 is 11.9 Å².